The molecule has 0 spiro atoms. The summed E-state index contributed by atoms with van der Waals surface area (Å²) >= 11 is 0. The molecule has 1 aliphatic heterocycles. The molecule has 5 heteroatoms. The predicted molar refractivity (Wildman–Crippen MR) is 47.8 cm³/mol. The minimum atomic E-state index is 0. The van der Waals surface area contributed by atoms with Gasteiger partial charge in [0.15, 0.2) is 0 Å². The molecule has 76 valence electrons. The van der Waals surface area contributed by atoms with Gasteiger partial charge in [0, 0.05) is 131 Å². The van der Waals surface area contributed by atoms with Crippen LogP contribution >= 0.6 is 0 Å². The fraction of sp³-hybridized carbons (Fsp3) is 0.273. The standard InChI is InChI=1S/C11H11O.4Y/c1-3-9-4-5-11-10(7-9)6-8(2)12-11;;;;/h3-6,8H,1-2H3;;;;/q-3;;;;. The third-order valence-corrected chi connectivity index (χ3v) is 1.98. The summed E-state index contributed by atoms with van der Waals surface area (Å²) in [6, 6.07) is 7.29. The number of ether oxygens (including phenoxy) is 1. The molecular formula is C11H11OY4-3. The van der Waals surface area contributed by atoms with Crippen LogP contribution in [0, 0.1) is 18.9 Å². The maximum atomic E-state index is 5.51. The van der Waals surface area contributed by atoms with Gasteiger partial charge in [-0.15, -0.1) is 12.7 Å². The molecule has 1 atom stereocenters. The van der Waals surface area contributed by atoms with E-state index < -0.39 is 0 Å². The van der Waals surface area contributed by atoms with Gasteiger partial charge in [-0.1, -0.05) is 0 Å². The van der Waals surface area contributed by atoms with E-state index in [4.69, 9.17) is 4.74 Å². The molecule has 1 aromatic carbocycles. The smallest absolute Gasteiger partial charge is 0 e. The van der Waals surface area contributed by atoms with Crippen LogP contribution in [0.5, 0.6) is 5.75 Å². The zero-order valence-corrected chi connectivity index (χ0v) is 21.0. The van der Waals surface area contributed by atoms with Gasteiger partial charge in [0.1, 0.15) is 0 Å². The molecular weight excluding hydrogens is 504 g/mol. The first-order valence-corrected chi connectivity index (χ1v) is 4.17. The van der Waals surface area contributed by atoms with E-state index in [-0.39, 0.29) is 137 Å². The molecule has 0 aliphatic carbocycles. The van der Waals surface area contributed by atoms with Gasteiger partial charge in [-0.2, -0.15) is 0 Å². The van der Waals surface area contributed by atoms with E-state index >= 15 is 0 Å². The van der Waals surface area contributed by atoms with Crippen molar-refractivity contribution < 1.29 is 136 Å². The first-order valence-electron chi connectivity index (χ1n) is 4.17. The molecule has 4 radical (unpaired) electrons. The number of hydrogen-bond acceptors (Lipinski definition) is 1. The third-order valence-electron chi connectivity index (χ3n) is 1.98. The molecule has 2 rings (SSSR count). The van der Waals surface area contributed by atoms with E-state index in [1.807, 2.05) is 32.4 Å². The van der Waals surface area contributed by atoms with Crippen LogP contribution in [0.1, 0.15) is 25.0 Å². The Morgan fingerprint density at radius 1 is 1.25 bits per heavy atom. The van der Waals surface area contributed by atoms with Crippen LogP contribution in [0.4, 0.5) is 0 Å². The second kappa shape index (κ2) is 12.0. The molecule has 0 saturated carbocycles. The van der Waals surface area contributed by atoms with Crippen molar-refractivity contribution in [2.45, 2.75) is 20.0 Å². The Morgan fingerprint density at radius 3 is 2.44 bits per heavy atom. The van der Waals surface area contributed by atoms with Gasteiger partial charge in [-0.3, -0.25) is 12.5 Å². The summed E-state index contributed by atoms with van der Waals surface area (Å²) in [4.78, 5) is 0. The van der Waals surface area contributed by atoms with Crippen LogP contribution in [0.15, 0.2) is 12.1 Å². The van der Waals surface area contributed by atoms with Crippen LogP contribution in [0.25, 0.3) is 0 Å². The molecule has 0 amide bonds. The maximum absolute atomic E-state index is 5.51. The van der Waals surface area contributed by atoms with Gasteiger partial charge in [-0.05, 0) is 13.0 Å². The SMILES string of the molecule is C[CH-]c1[c-]c2c(cc1)OC(C)[CH-]2.[Y].[Y].[Y].[Y]. The van der Waals surface area contributed by atoms with E-state index in [0.29, 0.717) is 0 Å². The normalized spacial score (nSPS) is 14.5. The second-order valence-electron chi connectivity index (χ2n) is 2.97. The van der Waals surface area contributed by atoms with Crippen molar-refractivity contribution in [2.75, 3.05) is 0 Å². The molecule has 1 aliphatic rings. The van der Waals surface area contributed by atoms with Crippen LogP contribution < -0.4 is 4.74 Å². The number of rotatable bonds is 1. The first kappa shape index (κ1) is 24.2. The Labute approximate surface area is 199 Å². The summed E-state index contributed by atoms with van der Waals surface area (Å²) in [5.41, 5.74) is 2.22. The Morgan fingerprint density at radius 2 is 1.88 bits per heavy atom. The van der Waals surface area contributed by atoms with Gasteiger partial charge in [0.25, 0.3) is 0 Å². The van der Waals surface area contributed by atoms with Crippen molar-refractivity contribution in [3.63, 3.8) is 0 Å². The molecule has 0 N–H and O–H groups in total. The van der Waals surface area contributed by atoms with Gasteiger partial charge in [0.2, 0.25) is 0 Å². The van der Waals surface area contributed by atoms with Crippen LogP contribution in [0.2, 0.25) is 0 Å². The Kier molecular flexibility index (Phi) is 18.1. The fourth-order valence-electron chi connectivity index (χ4n) is 1.38. The maximum Gasteiger partial charge on any atom is 0 e. The van der Waals surface area contributed by atoms with Crippen LogP contribution in [-0.4, -0.2) is 6.10 Å². The van der Waals surface area contributed by atoms with Crippen molar-refractivity contribution in [3.05, 3.63) is 42.2 Å². The van der Waals surface area contributed by atoms with Gasteiger partial charge in [0.05, 0.1) is 0 Å². The van der Waals surface area contributed by atoms with Crippen LogP contribution in [-0.2, 0) is 131 Å². The Balaban J connectivity index is -0.000000422. The van der Waals surface area contributed by atoms with Crippen molar-refractivity contribution in [3.8, 4) is 5.75 Å². The van der Waals surface area contributed by atoms with E-state index in [2.05, 4.69) is 12.5 Å². The minimum absolute atomic E-state index is 0. The minimum Gasteiger partial charge on any atom is -0.624 e. The van der Waals surface area contributed by atoms with E-state index in [1.165, 1.54) is 0 Å². The summed E-state index contributed by atoms with van der Waals surface area (Å²) in [5.74, 6) is 0.952. The zero-order chi connectivity index (χ0) is 8.55. The van der Waals surface area contributed by atoms with Gasteiger partial charge < -0.3 is 28.4 Å². The summed E-state index contributed by atoms with van der Waals surface area (Å²) in [6.07, 6.45) is 4.32. The predicted octanol–water partition coefficient (Wildman–Crippen LogP) is 2.38. The molecule has 0 saturated heterocycles. The second-order valence-corrected chi connectivity index (χ2v) is 2.97. The Hall–Kier alpha value is 3.18. The van der Waals surface area contributed by atoms with Gasteiger partial charge in [-0.25, -0.2) is 6.07 Å². The van der Waals surface area contributed by atoms with Gasteiger partial charge >= 0.3 is 0 Å². The van der Waals surface area contributed by atoms with E-state index in [9.17, 15) is 0 Å². The summed E-state index contributed by atoms with van der Waals surface area (Å²) in [7, 11) is 0. The number of fused-ring (bicyclic) bond motifs is 1. The average Bonchev–Trinajstić information content (AvgIpc) is 2.43. The fourth-order valence-corrected chi connectivity index (χ4v) is 1.38. The molecule has 0 aromatic heterocycles. The molecule has 1 heterocycles. The molecule has 16 heavy (non-hydrogen) atoms. The molecule has 0 bridgehead atoms. The van der Waals surface area contributed by atoms with Crippen molar-refractivity contribution in [1.82, 2.24) is 0 Å². The Bertz CT molecular complexity index is 304. The molecule has 1 nitrogen and oxygen atoms in total. The van der Waals surface area contributed by atoms with Crippen molar-refractivity contribution in [2.24, 2.45) is 0 Å². The molecule has 0 fully saturated rings. The van der Waals surface area contributed by atoms with E-state index in [0.717, 1.165) is 16.9 Å². The van der Waals surface area contributed by atoms with Crippen molar-refractivity contribution in [1.29, 1.82) is 0 Å². The van der Waals surface area contributed by atoms with E-state index in [1.54, 1.807) is 0 Å². The van der Waals surface area contributed by atoms with Crippen LogP contribution in [0.3, 0.4) is 0 Å². The third kappa shape index (κ3) is 6.56. The first-order chi connectivity index (χ1) is 5.79. The largest absolute Gasteiger partial charge is 0.624 e. The summed E-state index contributed by atoms with van der Waals surface area (Å²) in [5, 5.41) is 0. The topological polar surface area (TPSA) is 9.23 Å². The summed E-state index contributed by atoms with van der Waals surface area (Å²) < 4.78 is 5.51. The molecule has 1 unspecified atom stereocenters. The quantitative estimate of drug-likeness (QED) is 0.523. The number of hydrogen-bond donors (Lipinski definition) is 0. The number of benzene rings is 1. The average molecular weight is 515 g/mol. The zero-order valence-electron chi connectivity index (χ0n) is 9.60. The summed E-state index contributed by atoms with van der Waals surface area (Å²) in [6.45, 7) is 4.04. The van der Waals surface area contributed by atoms with Crippen molar-refractivity contribution >= 4 is 0 Å². The molecule has 1 aromatic rings. The monoisotopic (exact) mass is 515 g/mol.